The van der Waals surface area contributed by atoms with E-state index in [4.69, 9.17) is 25.0 Å². The Balaban J connectivity index is 1.10. The van der Waals surface area contributed by atoms with Crippen molar-refractivity contribution < 1.29 is 28.6 Å². The van der Waals surface area contributed by atoms with E-state index in [0.717, 1.165) is 22.2 Å². The number of nitrogens with zero attached hydrogens (tertiary/aromatic N) is 1. The minimum atomic E-state index is -1.07. The molecule has 2 fully saturated rings. The molecule has 42 heavy (non-hydrogen) atoms. The number of hydrogen-bond acceptors (Lipinski definition) is 9. The van der Waals surface area contributed by atoms with Crippen LogP contribution in [-0.2, 0) is 25.6 Å². The zero-order chi connectivity index (χ0) is 29.3. The Kier molecular flexibility index (Phi) is 7.54. The van der Waals surface area contributed by atoms with Crippen LogP contribution >= 0.6 is 11.8 Å². The van der Waals surface area contributed by atoms with Gasteiger partial charge in [0.2, 0.25) is 11.8 Å². The van der Waals surface area contributed by atoms with Crippen LogP contribution in [0.2, 0.25) is 0 Å². The third kappa shape index (κ3) is 5.41. The molecular formula is C29H28N6O6S. The summed E-state index contributed by atoms with van der Waals surface area (Å²) in [6.07, 6.45) is 2.38. The second-order valence-electron chi connectivity index (χ2n) is 10.0. The molecule has 0 unspecified atom stereocenters. The molecule has 0 bridgehead atoms. The standard InChI is InChI=1S/C29H28N6O6S/c30-12-18-9-19(34-20(18)13-31)14-32-28(38)21-11-29(39-7-8-40-29)16-35(21)26(36)15-33-27(37)17-5-6-25-23(10-17)41-22-3-1-2-4-24(22)42-25/h1-6,9-10,12-13,21,30-31,34H,7-8,11,14-16H2,(H,32,38)(H,33,37)/t21-/m0/s1. The number of carbonyl (C=O) groups excluding carboxylic acids is 3. The molecule has 3 aliphatic rings. The number of H-pyrrole nitrogens is 1. The summed E-state index contributed by atoms with van der Waals surface area (Å²) in [5.41, 5.74) is 1.95. The molecule has 216 valence electrons. The highest BCUT2D eigenvalue weighted by Crippen LogP contribution is 2.47. The largest absolute Gasteiger partial charge is 0.455 e. The van der Waals surface area contributed by atoms with Crippen molar-refractivity contribution in [2.24, 2.45) is 0 Å². The Morgan fingerprint density at radius 1 is 1.02 bits per heavy atom. The molecule has 3 aromatic rings. The van der Waals surface area contributed by atoms with Crippen molar-refractivity contribution in [1.82, 2.24) is 20.5 Å². The number of para-hydroxylation sites is 1. The summed E-state index contributed by atoms with van der Waals surface area (Å²) in [6.45, 7) is 0.563. The van der Waals surface area contributed by atoms with Gasteiger partial charge in [-0.1, -0.05) is 23.9 Å². The normalized spacial score (nSPS) is 18.1. The van der Waals surface area contributed by atoms with E-state index in [1.165, 1.54) is 4.90 Å². The summed E-state index contributed by atoms with van der Waals surface area (Å²) in [5.74, 6) is -1.09. The number of aromatic amines is 1. The average molecular weight is 589 g/mol. The lowest BCUT2D eigenvalue weighted by Crippen LogP contribution is -2.49. The number of ether oxygens (including phenoxy) is 3. The van der Waals surface area contributed by atoms with Crippen molar-refractivity contribution in [2.75, 3.05) is 26.3 Å². The summed E-state index contributed by atoms with van der Waals surface area (Å²) in [4.78, 5) is 45.8. The van der Waals surface area contributed by atoms with Gasteiger partial charge in [0, 0.05) is 35.7 Å². The zero-order valence-electron chi connectivity index (χ0n) is 22.4. The number of carbonyl (C=O) groups is 3. The zero-order valence-corrected chi connectivity index (χ0v) is 23.2. The number of nitrogens with one attached hydrogen (secondary N) is 5. The molecular weight excluding hydrogens is 560 g/mol. The fourth-order valence-electron chi connectivity index (χ4n) is 5.25. The molecule has 2 aromatic carbocycles. The van der Waals surface area contributed by atoms with E-state index < -0.39 is 29.6 Å². The van der Waals surface area contributed by atoms with Gasteiger partial charge in [0.25, 0.3) is 5.91 Å². The molecule has 2 saturated heterocycles. The number of amides is 3. The summed E-state index contributed by atoms with van der Waals surface area (Å²) in [5, 5.41) is 20.4. The maximum absolute atomic E-state index is 13.3. The molecule has 1 spiro atoms. The number of rotatable bonds is 8. The van der Waals surface area contributed by atoms with E-state index in [9.17, 15) is 14.4 Å². The predicted molar refractivity (Wildman–Crippen MR) is 153 cm³/mol. The summed E-state index contributed by atoms with van der Waals surface area (Å²) in [6, 6.07) is 13.6. The van der Waals surface area contributed by atoms with Gasteiger partial charge < -0.3 is 45.5 Å². The molecule has 0 radical (unpaired) electrons. The van der Waals surface area contributed by atoms with Gasteiger partial charge in [-0.15, -0.1) is 0 Å². The van der Waals surface area contributed by atoms with Crippen molar-refractivity contribution in [3.05, 3.63) is 71.0 Å². The highest BCUT2D eigenvalue weighted by Gasteiger charge is 2.52. The number of fused-ring (bicyclic) bond motifs is 2. The third-order valence-corrected chi connectivity index (χ3v) is 8.43. The Labute approximate surface area is 245 Å². The first-order valence-corrected chi connectivity index (χ1v) is 14.1. The van der Waals surface area contributed by atoms with Gasteiger partial charge in [0.15, 0.2) is 5.79 Å². The SMILES string of the molecule is N=Cc1cc(CNC(=O)[C@@H]2CC3(CN2C(=O)CNC(=O)c2ccc4c(c2)Oc2ccccc2S4)OCCO3)[nH]c1C=N. The first-order chi connectivity index (χ1) is 20.4. The van der Waals surface area contributed by atoms with Crippen LogP contribution in [0, 0.1) is 10.8 Å². The van der Waals surface area contributed by atoms with Crippen molar-refractivity contribution >= 4 is 41.9 Å². The second-order valence-corrected chi connectivity index (χ2v) is 11.1. The molecule has 13 heteroatoms. The van der Waals surface area contributed by atoms with Crippen molar-refractivity contribution in [2.45, 2.75) is 34.6 Å². The van der Waals surface area contributed by atoms with Gasteiger partial charge in [-0.25, -0.2) is 0 Å². The number of benzene rings is 2. The van der Waals surface area contributed by atoms with Crippen molar-refractivity contribution in [3.63, 3.8) is 0 Å². The van der Waals surface area contributed by atoms with Crippen LogP contribution in [0.5, 0.6) is 11.5 Å². The first kappa shape index (κ1) is 27.7. The van der Waals surface area contributed by atoms with Gasteiger partial charge in [-0.05, 0) is 36.4 Å². The van der Waals surface area contributed by atoms with Crippen LogP contribution < -0.4 is 15.4 Å². The van der Waals surface area contributed by atoms with Gasteiger partial charge in [-0.3, -0.25) is 14.4 Å². The van der Waals surface area contributed by atoms with E-state index >= 15 is 0 Å². The van der Waals surface area contributed by atoms with Crippen LogP contribution in [0.15, 0.2) is 58.3 Å². The highest BCUT2D eigenvalue weighted by molar-refractivity contribution is 7.99. The van der Waals surface area contributed by atoms with Crippen molar-refractivity contribution in [1.29, 1.82) is 10.8 Å². The van der Waals surface area contributed by atoms with E-state index in [1.54, 1.807) is 30.0 Å². The van der Waals surface area contributed by atoms with E-state index in [-0.39, 0.29) is 26.1 Å². The first-order valence-electron chi connectivity index (χ1n) is 13.3. The second kappa shape index (κ2) is 11.4. The Hall–Kier alpha value is -4.46. The summed E-state index contributed by atoms with van der Waals surface area (Å²) in [7, 11) is 0. The Morgan fingerprint density at radius 2 is 1.81 bits per heavy atom. The number of aromatic nitrogens is 1. The minimum Gasteiger partial charge on any atom is -0.455 e. The molecule has 0 aliphatic carbocycles. The molecule has 1 atom stereocenters. The minimum absolute atomic E-state index is 0.0571. The van der Waals surface area contributed by atoms with Crippen molar-refractivity contribution in [3.8, 4) is 11.5 Å². The van der Waals surface area contributed by atoms with Crippen LogP contribution in [0.4, 0.5) is 0 Å². The van der Waals surface area contributed by atoms with E-state index in [1.807, 2.05) is 30.3 Å². The van der Waals surface area contributed by atoms with Gasteiger partial charge in [0.05, 0.1) is 48.3 Å². The fraction of sp³-hybridized carbons (Fsp3) is 0.276. The van der Waals surface area contributed by atoms with E-state index in [2.05, 4.69) is 15.6 Å². The lowest BCUT2D eigenvalue weighted by atomic mass is 10.1. The maximum atomic E-state index is 13.3. The molecule has 12 nitrogen and oxygen atoms in total. The predicted octanol–water partition coefficient (Wildman–Crippen LogP) is 2.66. The van der Waals surface area contributed by atoms with E-state index in [0.29, 0.717) is 47.2 Å². The topological polar surface area (TPSA) is 170 Å². The summed E-state index contributed by atoms with van der Waals surface area (Å²) >= 11 is 1.56. The molecule has 4 heterocycles. The Morgan fingerprint density at radius 3 is 2.57 bits per heavy atom. The summed E-state index contributed by atoms with van der Waals surface area (Å²) < 4.78 is 17.6. The molecule has 5 N–H and O–H groups in total. The maximum Gasteiger partial charge on any atom is 0.251 e. The quantitative estimate of drug-likeness (QED) is 0.197. The smallest absolute Gasteiger partial charge is 0.251 e. The lowest BCUT2D eigenvalue weighted by Gasteiger charge is -2.24. The molecule has 0 saturated carbocycles. The Bertz CT molecular complexity index is 1560. The number of hydrogen-bond donors (Lipinski definition) is 5. The van der Waals surface area contributed by atoms with Crippen LogP contribution in [0.3, 0.4) is 0 Å². The third-order valence-electron chi connectivity index (χ3n) is 7.31. The van der Waals surface area contributed by atoms with Crippen LogP contribution in [0.25, 0.3) is 0 Å². The molecule has 6 rings (SSSR count). The van der Waals surface area contributed by atoms with Crippen LogP contribution in [0.1, 0.15) is 33.7 Å². The average Bonchev–Trinajstić information content (AvgIpc) is 3.75. The number of likely N-dealkylation sites (tertiary alicyclic amines) is 1. The molecule has 1 aromatic heterocycles. The molecule has 3 amide bonds. The van der Waals surface area contributed by atoms with Gasteiger partial charge in [-0.2, -0.15) is 0 Å². The van der Waals surface area contributed by atoms with Crippen LogP contribution in [-0.4, -0.2) is 78.2 Å². The lowest BCUT2D eigenvalue weighted by molar-refractivity contribution is -0.152. The highest BCUT2D eigenvalue weighted by atomic mass is 32.2. The van der Waals surface area contributed by atoms with Gasteiger partial charge in [0.1, 0.15) is 17.5 Å². The monoisotopic (exact) mass is 588 g/mol. The fourth-order valence-corrected chi connectivity index (χ4v) is 6.18. The van der Waals surface area contributed by atoms with Gasteiger partial charge >= 0.3 is 0 Å². The molecule has 3 aliphatic heterocycles.